The normalized spacial score (nSPS) is 14.1. The molecule has 9 heteroatoms. The molecule has 2 atom stereocenters. The zero-order valence-electron chi connectivity index (χ0n) is 12.1. The summed E-state index contributed by atoms with van der Waals surface area (Å²) in [5.74, 6) is 1.27. The smallest absolute Gasteiger partial charge is 0.151 e. The van der Waals surface area contributed by atoms with Crippen LogP contribution in [0.4, 0.5) is 0 Å². The van der Waals surface area contributed by atoms with Crippen LogP contribution in [-0.4, -0.2) is 64.8 Å². The zero-order valence-corrected chi connectivity index (χ0v) is 12.1. The Kier molecular flexibility index (Phi) is 8.20. The van der Waals surface area contributed by atoms with Crippen molar-refractivity contribution >= 4 is 0 Å². The van der Waals surface area contributed by atoms with Gasteiger partial charge >= 0.3 is 0 Å². The fourth-order valence-electron chi connectivity index (χ4n) is 1.55. The summed E-state index contributed by atoms with van der Waals surface area (Å²) in [6.07, 6.45) is 0. The van der Waals surface area contributed by atoms with Gasteiger partial charge in [0.1, 0.15) is 5.82 Å². The molecule has 0 amide bonds. The van der Waals surface area contributed by atoms with Gasteiger partial charge in [0.15, 0.2) is 11.6 Å². The molecule has 1 heterocycles. The Morgan fingerprint density at radius 2 is 1.33 bits per heavy atom. The lowest BCUT2D eigenvalue weighted by molar-refractivity contribution is 0.0799. The minimum atomic E-state index is -0.525. The minimum Gasteiger partial charge on any atom is -0.394 e. The van der Waals surface area contributed by atoms with Crippen LogP contribution >= 0.6 is 0 Å². The third kappa shape index (κ3) is 6.38. The Morgan fingerprint density at radius 3 is 1.71 bits per heavy atom. The van der Waals surface area contributed by atoms with E-state index in [9.17, 15) is 0 Å². The first-order valence-corrected chi connectivity index (χ1v) is 6.69. The van der Waals surface area contributed by atoms with Crippen LogP contribution < -0.4 is 11.5 Å². The first kappa shape index (κ1) is 17.8. The lowest BCUT2D eigenvalue weighted by Crippen LogP contribution is -2.26. The summed E-state index contributed by atoms with van der Waals surface area (Å²) < 4.78 is 10.3. The maximum absolute atomic E-state index is 8.66. The lowest BCUT2D eigenvalue weighted by atomic mass is 10.2. The number of rotatable bonds is 10. The van der Waals surface area contributed by atoms with Crippen molar-refractivity contribution in [3.63, 3.8) is 0 Å². The second-order valence-corrected chi connectivity index (χ2v) is 4.41. The summed E-state index contributed by atoms with van der Waals surface area (Å²) in [5, 5.41) is 17.3. The third-order valence-electron chi connectivity index (χ3n) is 2.51. The number of nitrogens with two attached hydrogens (primary N) is 2. The molecule has 0 aliphatic heterocycles. The van der Waals surface area contributed by atoms with Gasteiger partial charge in [0.25, 0.3) is 0 Å². The van der Waals surface area contributed by atoms with E-state index < -0.39 is 12.1 Å². The van der Waals surface area contributed by atoms with E-state index in [2.05, 4.69) is 15.0 Å². The number of aromatic nitrogens is 3. The van der Waals surface area contributed by atoms with Crippen LogP contribution in [0, 0.1) is 6.92 Å². The highest BCUT2D eigenvalue weighted by atomic mass is 16.5. The zero-order chi connectivity index (χ0) is 15.7. The van der Waals surface area contributed by atoms with E-state index in [4.69, 9.17) is 31.2 Å². The fraction of sp³-hybridized carbons (Fsp3) is 0.750. The minimum absolute atomic E-state index is 0.0682. The average Bonchev–Trinajstić information content (AvgIpc) is 2.47. The van der Waals surface area contributed by atoms with Gasteiger partial charge in [-0.3, -0.25) is 0 Å². The van der Waals surface area contributed by atoms with Gasteiger partial charge in [0, 0.05) is 0 Å². The number of nitrogens with zero attached hydrogens (tertiary/aromatic N) is 3. The van der Waals surface area contributed by atoms with Crippen LogP contribution in [0.15, 0.2) is 0 Å². The number of aliphatic hydroxyl groups excluding tert-OH is 2. The van der Waals surface area contributed by atoms with Crippen LogP contribution in [0.3, 0.4) is 0 Å². The number of hydrogen-bond donors (Lipinski definition) is 4. The molecule has 0 bridgehead atoms. The summed E-state index contributed by atoms with van der Waals surface area (Å²) >= 11 is 0. The van der Waals surface area contributed by atoms with Gasteiger partial charge in [-0.1, -0.05) is 0 Å². The molecule has 21 heavy (non-hydrogen) atoms. The molecule has 0 aliphatic rings. The second-order valence-electron chi connectivity index (χ2n) is 4.41. The monoisotopic (exact) mass is 301 g/mol. The number of aliphatic hydroxyl groups is 2. The van der Waals surface area contributed by atoms with Gasteiger partial charge < -0.3 is 31.2 Å². The molecule has 0 aromatic carbocycles. The topological polar surface area (TPSA) is 150 Å². The van der Waals surface area contributed by atoms with Crippen LogP contribution in [0.2, 0.25) is 0 Å². The predicted molar refractivity (Wildman–Crippen MR) is 74.2 cm³/mol. The Balaban J connectivity index is 2.69. The Bertz CT molecular complexity index is 386. The van der Waals surface area contributed by atoms with Crippen molar-refractivity contribution in [2.45, 2.75) is 19.0 Å². The average molecular weight is 301 g/mol. The SMILES string of the molecule is Cc1nc(C(N)COCCO)nc(C(N)COCCO)n1. The van der Waals surface area contributed by atoms with Crippen molar-refractivity contribution in [1.29, 1.82) is 0 Å². The molecule has 1 rings (SSSR count). The maximum atomic E-state index is 8.66. The molecule has 0 spiro atoms. The van der Waals surface area contributed by atoms with E-state index in [0.29, 0.717) is 17.5 Å². The molecular weight excluding hydrogens is 278 g/mol. The molecule has 1 aromatic heterocycles. The molecule has 1 aromatic rings. The highest BCUT2D eigenvalue weighted by Gasteiger charge is 2.16. The van der Waals surface area contributed by atoms with Crippen molar-refractivity contribution in [2.24, 2.45) is 11.5 Å². The van der Waals surface area contributed by atoms with Gasteiger partial charge in [-0.2, -0.15) is 0 Å². The van der Waals surface area contributed by atoms with Gasteiger partial charge in [-0.25, -0.2) is 15.0 Å². The van der Waals surface area contributed by atoms with Crippen molar-refractivity contribution in [2.75, 3.05) is 39.6 Å². The summed E-state index contributed by atoms with van der Waals surface area (Å²) in [7, 11) is 0. The van der Waals surface area contributed by atoms with Crippen LogP contribution in [0.5, 0.6) is 0 Å². The summed E-state index contributed by atoms with van der Waals surface area (Å²) in [6.45, 7) is 2.39. The van der Waals surface area contributed by atoms with Crippen LogP contribution in [0.1, 0.15) is 29.6 Å². The van der Waals surface area contributed by atoms with Crippen molar-refractivity contribution in [3.8, 4) is 0 Å². The highest BCUT2D eigenvalue weighted by Crippen LogP contribution is 2.10. The standard InChI is InChI=1S/C12H23N5O4/c1-8-15-11(9(13)6-20-4-2-18)17-12(16-8)10(14)7-21-5-3-19/h9-10,18-19H,2-7,13-14H2,1H3. The van der Waals surface area contributed by atoms with E-state index in [-0.39, 0.29) is 39.6 Å². The number of ether oxygens (including phenoxy) is 2. The Labute approximate surface area is 123 Å². The molecule has 2 unspecified atom stereocenters. The summed E-state index contributed by atoms with van der Waals surface area (Å²) in [4.78, 5) is 12.6. The van der Waals surface area contributed by atoms with E-state index in [1.807, 2.05) is 0 Å². The molecule has 0 saturated carbocycles. The van der Waals surface area contributed by atoms with Gasteiger partial charge in [0.05, 0.1) is 51.7 Å². The molecule has 0 aliphatic carbocycles. The Hall–Kier alpha value is -1.23. The van der Waals surface area contributed by atoms with E-state index in [1.165, 1.54) is 0 Å². The molecule has 0 fully saturated rings. The third-order valence-corrected chi connectivity index (χ3v) is 2.51. The molecule has 9 nitrogen and oxygen atoms in total. The molecule has 120 valence electrons. The number of hydrogen-bond acceptors (Lipinski definition) is 9. The molecule has 0 saturated heterocycles. The first-order valence-electron chi connectivity index (χ1n) is 6.69. The van der Waals surface area contributed by atoms with Gasteiger partial charge in [0.2, 0.25) is 0 Å². The van der Waals surface area contributed by atoms with Crippen LogP contribution in [-0.2, 0) is 9.47 Å². The van der Waals surface area contributed by atoms with E-state index in [1.54, 1.807) is 6.92 Å². The van der Waals surface area contributed by atoms with Crippen molar-refractivity contribution in [3.05, 3.63) is 17.5 Å². The maximum Gasteiger partial charge on any atom is 0.151 e. The van der Waals surface area contributed by atoms with Gasteiger partial charge in [-0.15, -0.1) is 0 Å². The summed E-state index contributed by atoms with van der Waals surface area (Å²) in [6, 6.07) is -1.05. The first-order chi connectivity index (χ1) is 10.1. The molecule has 0 radical (unpaired) electrons. The quantitative estimate of drug-likeness (QED) is 0.367. The molecule has 6 N–H and O–H groups in total. The highest BCUT2D eigenvalue weighted by molar-refractivity contribution is 5.03. The van der Waals surface area contributed by atoms with Crippen molar-refractivity contribution < 1.29 is 19.7 Å². The molecular formula is C12H23N5O4. The second kappa shape index (κ2) is 9.66. The summed E-state index contributed by atoms with van der Waals surface area (Å²) in [5.41, 5.74) is 11.9. The van der Waals surface area contributed by atoms with Gasteiger partial charge in [-0.05, 0) is 6.92 Å². The Morgan fingerprint density at radius 1 is 0.905 bits per heavy atom. The van der Waals surface area contributed by atoms with E-state index >= 15 is 0 Å². The lowest BCUT2D eigenvalue weighted by Gasteiger charge is -2.15. The number of aryl methyl sites for hydroxylation is 1. The predicted octanol–water partition coefficient (Wildman–Crippen LogP) is -1.80. The van der Waals surface area contributed by atoms with Crippen LogP contribution in [0.25, 0.3) is 0 Å². The fourth-order valence-corrected chi connectivity index (χ4v) is 1.55. The van der Waals surface area contributed by atoms with E-state index in [0.717, 1.165) is 0 Å². The largest absolute Gasteiger partial charge is 0.394 e. The van der Waals surface area contributed by atoms with Crippen molar-refractivity contribution in [1.82, 2.24) is 15.0 Å².